The number of nitrogens with zero attached hydrogens (tertiary/aromatic N) is 4. The molecule has 4 fully saturated rings. The van der Waals surface area contributed by atoms with Crippen molar-refractivity contribution >= 4 is 46.2 Å². The molecule has 2 aliphatic heterocycles. The Morgan fingerprint density at radius 2 is 0.917 bits per heavy atom. The number of benzene rings is 4. The summed E-state index contributed by atoms with van der Waals surface area (Å²) in [5, 5.41) is 13.8. The molecule has 14 nitrogen and oxygen atoms in total. The van der Waals surface area contributed by atoms with E-state index in [9.17, 15) is 28.8 Å². The number of fused-ring (bicyclic) bond motifs is 1. The summed E-state index contributed by atoms with van der Waals surface area (Å²) < 4.78 is 0. The van der Waals surface area contributed by atoms with Crippen LogP contribution in [0.15, 0.2) is 97.1 Å². The maximum absolute atomic E-state index is 14.8. The van der Waals surface area contributed by atoms with Gasteiger partial charge in [-0.1, -0.05) is 85.6 Å². The molecule has 6 atom stereocenters. The number of amides is 6. The van der Waals surface area contributed by atoms with Crippen molar-refractivity contribution in [3.05, 3.63) is 119 Å². The van der Waals surface area contributed by atoms with E-state index in [1.807, 2.05) is 92.4 Å². The Morgan fingerprint density at radius 3 is 1.26 bits per heavy atom. The molecule has 384 valence electrons. The first kappa shape index (κ1) is 52.2. The average molecular weight is 981 g/mol. The second kappa shape index (κ2) is 24.5. The third-order valence-electron chi connectivity index (χ3n) is 16.1. The van der Waals surface area contributed by atoms with E-state index < -0.39 is 24.2 Å². The molecule has 4 aliphatic rings. The minimum absolute atomic E-state index is 0.0592. The minimum atomic E-state index is -0.590. The summed E-state index contributed by atoms with van der Waals surface area (Å²) in [6.45, 7) is 6.41. The molecule has 8 rings (SSSR count). The van der Waals surface area contributed by atoms with Crippen molar-refractivity contribution in [1.82, 2.24) is 40.9 Å². The maximum atomic E-state index is 14.8. The van der Waals surface area contributed by atoms with E-state index in [2.05, 4.69) is 45.5 Å². The van der Waals surface area contributed by atoms with Gasteiger partial charge in [-0.3, -0.25) is 28.8 Å². The van der Waals surface area contributed by atoms with E-state index in [0.717, 1.165) is 86.1 Å². The zero-order valence-corrected chi connectivity index (χ0v) is 42.8. The summed E-state index contributed by atoms with van der Waals surface area (Å²) in [6.07, 6.45) is 10.2. The zero-order chi connectivity index (χ0) is 50.7. The van der Waals surface area contributed by atoms with Gasteiger partial charge in [-0.05, 0) is 150 Å². The number of rotatable bonds is 22. The highest BCUT2D eigenvalue weighted by atomic mass is 16.2. The van der Waals surface area contributed by atoms with Crippen molar-refractivity contribution in [1.29, 1.82) is 0 Å². The van der Waals surface area contributed by atoms with E-state index in [4.69, 9.17) is 0 Å². The normalized spacial score (nSPS) is 19.7. The monoisotopic (exact) mass is 981 g/mol. The van der Waals surface area contributed by atoms with Crippen LogP contribution in [0.5, 0.6) is 0 Å². The van der Waals surface area contributed by atoms with Crippen LogP contribution in [0.3, 0.4) is 0 Å². The van der Waals surface area contributed by atoms with Gasteiger partial charge in [0, 0.05) is 62.5 Å². The summed E-state index contributed by atoms with van der Waals surface area (Å²) in [5.74, 6) is -0.545. The van der Waals surface area contributed by atoms with E-state index in [1.54, 1.807) is 27.9 Å². The number of nitrogens with one attached hydrogen (secondary N) is 4. The number of likely N-dealkylation sites (N-methyl/N-ethyl adjacent to an activating group) is 2. The van der Waals surface area contributed by atoms with Crippen LogP contribution < -0.4 is 21.3 Å². The first-order valence-electron chi connectivity index (χ1n) is 26.7. The van der Waals surface area contributed by atoms with Gasteiger partial charge in [0.15, 0.2) is 0 Å². The fraction of sp³-hybridized carbons (Fsp3) is 0.517. The van der Waals surface area contributed by atoms with Crippen molar-refractivity contribution in [3.8, 4) is 0 Å². The van der Waals surface area contributed by atoms with Crippen LogP contribution in [-0.2, 0) is 32.0 Å². The van der Waals surface area contributed by atoms with Gasteiger partial charge < -0.3 is 40.9 Å². The standard InChI is InChI=1S/C58H76N8O6/c1-39(59-3)53(67)61-51(43-19-11-20-43)57(71)65-31-13-23-49(65)37-63(33-29-41-15-7-5-8-16-41)55(69)47-27-25-46-36-48(28-26-45(46)35-47)56(70)64(34-30-42-17-9-6-10-18-42)38-50-24-14-32-66(50)58(72)52(44-21-12-22-44)62-54(68)40(2)60-4/h5-10,15-18,25-28,35-36,39-40,43-44,49-52,59-60H,11-14,19-24,29-34,37-38H2,1-4H3,(H,61,67)(H,62,68)/t39-,40-,49-,50-,51-,52-/m0/s1. The highest BCUT2D eigenvalue weighted by Gasteiger charge is 2.43. The molecule has 0 spiro atoms. The zero-order valence-electron chi connectivity index (χ0n) is 42.8. The topological polar surface area (TPSA) is 163 Å². The van der Waals surface area contributed by atoms with Crippen molar-refractivity contribution in [2.24, 2.45) is 11.8 Å². The number of carbonyl (C=O) groups excluding carboxylic acids is 6. The Hall–Kier alpha value is -6.12. The van der Waals surface area contributed by atoms with E-state index >= 15 is 0 Å². The largest absolute Gasteiger partial charge is 0.343 e. The average Bonchev–Trinajstić information content (AvgIpc) is 4.06. The van der Waals surface area contributed by atoms with Crippen LogP contribution in [0, 0.1) is 11.8 Å². The molecule has 0 radical (unpaired) electrons. The Balaban J connectivity index is 1.00. The first-order valence-corrected chi connectivity index (χ1v) is 26.7. The second-order valence-corrected chi connectivity index (χ2v) is 20.8. The molecular weight excluding hydrogens is 905 g/mol. The molecule has 4 aromatic carbocycles. The maximum Gasteiger partial charge on any atom is 0.253 e. The lowest BCUT2D eigenvalue weighted by atomic mass is 9.79. The lowest BCUT2D eigenvalue weighted by Gasteiger charge is -2.38. The number of likely N-dealkylation sites (tertiary alicyclic amines) is 2. The molecule has 4 N–H and O–H groups in total. The lowest BCUT2D eigenvalue weighted by molar-refractivity contribution is -0.140. The number of carbonyl (C=O) groups is 6. The third-order valence-corrected chi connectivity index (χ3v) is 16.1. The SMILES string of the molecule is CN[C@@H](C)C(=O)N[C@H](C(=O)N1CCC[C@H]1CN(CCc1ccccc1)C(=O)c1ccc2cc(C(=O)N(CCc3ccccc3)C[C@@H]3CCCN3C(=O)[C@@H](NC(=O)[C@H](C)NC)C3CCC3)ccc2c1)C1CCC1. The van der Waals surface area contributed by atoms with Crippen LogP contribution in [0.1, 0.15) is 110 Å². The van der Waals surface area contributed by atoms with Crippen LogP contribution in [0.4, 0.5) is 0 Å². The molecule has 2 saturated heterocycles. The van der Waals surface area contributed by atoms with Gasteiger partial charge in [0.2, 0.25) is 23.6 Å². The molecule has 72 heavy (non-hydrogen) atoms. The lowest BCUT2D eigenvalue weighted by Crippen LogP contribution is -2.58. The molecule has 2 heterocycles. The quantitative estimate of drug-likeness (QED) is 0.0749. The number of hydrogen-bond acceptors (Lipinski definition) is 8. The predicted octanol–water partition coefficient (Wildman–Crippen LogP) is 5.98. The minimum Gasteiger partial charge on any atom is -0.343 e. The van der Waals surface area contributed by atoms with Gasteiger partial charge >= 0.3 is 0 Å². The Morgan fingerprint density at radius 1 is 0.528 bits per heavy atom. The van der Waals surface area contributed by atoms with Gasteiger partial charge in [0.1, 0.15) is 12.1 Å². The highest BCUT2D eigenvalue weighted by Crippen LogP contribution is 2.34. The first-order chi connectivity index (χ1) is 34.9. The Bertz CT molecular complexity index is 2340. The third kappa shape index (κ3) is 12.5. The van der Waals surface area contributed by atoms with Crippen molar-refractivity contribution in [3.63, 3.8) is 0 Å². The molecular formula is C58H76N8O6. The summed E-state index contributed by atoms with van der Waals surface area (Å²) in [7, 11) is 3.47. The Labute approximate surface area is 426 Å². The van der Waals surface area contributed by atoms with Gasteiger partial charge in [-0.15, -0.1) is 0 Å². The van der Waals surface area contributed by atoms with Gasteiger partial charge in [-0.2, -0.15) is 0 Å². The summed E-state index contributed by atoms with van der Waals surface area (Å²) in [5.41, 5.74) is 3.28. The van der Waals surface area contributed by atoms with Crippen LogP contribution >= 0.6 is 0 Å². The summed E-state index contributed by atoms with van der Waals surface area (Å²) in [4.78, 5) is 92.0. The van der Waals surface area contributed by atoms with E-state index in [0.29, 0.717) is 63.2 Å². The molecule has 0 aromatic heterocycles. The van der Waals surface area contributed by atoms with Crippen molar-refractivity contribution < 1.29 is 28.8 Å². The van der Waals surface area contributed by atoms with Gasteiger partial charge in [-0.25, -0.2) is 0 Å². The van der Waals surface area contributed by atoms with E-state index in [-0.39, 0.29) is 59.4 Å². The predicted molar refractivity (Wildman–Crippen MR) is 281 cm³/mol. The van der Waals surface area contributed by atoms with Gasteiger partial charge in [0.25, 0.3) is 11.8 Å². The fourth-order valence-corrected chi connectivity index (χ4v) is 10.9. The van der Waals surface area contributed by atoms with Crippen LogP contribution in [-0.4, -0.2) is 145 Å². The molecule has 6 amide bonds. The molecule has 0 unspecified atom stereocenters. The second-order valence-electron chi connectivity index (χ2n) is 20.8. The van der Waals surface area contributed by atoms with Crippen LogP contribution in [0.2, 0.25) is 0 Å². The molecule has 2 aliphatic carbocycles. The van der Waals surface area contributed by atoms with Crippen LogP contribution in [0.25, 0.3) is 10.8 Å². The van der Waals surface area contributed by atoms with E-state index in [1.165, 1.54) is 0 Å². The van der Waals surface area contributed by atoms with Crippen molar-refractivity contribution in [2.45, 2.75) is 127 Å². The van der Waals surface area contributed by atoms with Gasteiger partial charge in [0.05, 0.1) is 12.1 Å². The molecule has 2 saturated carbocycles. The number of hydrogen-bond donors (Lipinski definition) is 4. The smallest absolute Gasteiger partial charge is 0.253 e. The summed E-state index contributed by atoms with van der Waals surface area (Å²) >= 11 is 0. The molecule has 0 bridgehead atoms. The van der Waals surface area contributed by atoms with Crippen molar-refractivity contribution in [2.75, 3.05) is 53.4 Å². The summed E-state index contributed by atoms with van der Waals surface area (Å²) in [6, 6.07) is 29.1. The Kier molecular flexibility index (Phi) is 17.8. The molecule has 14 heteroatoms. The fourth-order valence-electron chi connectivity index (χ4n) is 10.9. The molecule has 4 aromatic rings. The highest BCUT2D eigenvalue weighted by molar-refractivity contribution is 6.02.